The number of halogens is 2. The summed E-state index contributed by atoms with van der Waals surface area (Å²) in [6.45, 7) is 9.21. The lowest BCUT2D eigenvalue weighted by molar-refractivity contribution is -0.117. The minimum absolute atomic E-state index is 0.0704. The molecule has 31 heavy (non-hydrogen) atoms. The van der Waals surface area contributed by atoms with Crippen LogP contribution in [0.2, 0.25) is 35.7 Å². The molecule has 1 aromatic heterocycles. The van der Waals surface area contributed by atoms with Crippen molar-refractivity contribution in [2.24, 2.45) is 0 Å². The van der Waals surface area contributed by atoms with Crippen LogP contribution < -0.4 is 9.64 Å². The van der Waals surface area contributed by atoms with Gasteiger partial charge in [-0.3, -0.25) is 9.48 Å². The van der Waals surface area contributed by atoms with Gasteiger partial charge in [0.05, 0.1) is 27.6 Å². The molecule has 1 fully saturated rings. The van der Waals surface area contributed by atoms with Crippen molar-refractivity contribution >= 4 is 42.9 Å². The van der Waals surface area contributed by atoms with Gasteiger partial charge in [-0.15, -0.1) is 0 Å². The number of aromatic nitrogens is 2. The van der Waals surface area contributed by atoms with Gasteiger partial charge in [0.2, 0.25) is 5.91 Å². The number of carbonyl (C=O) groups is 1. The first-order chi connectivity index (χ1) is 14.7. The van der Waals surface area contributed by atoms with Crippen LogP contribution in [0.4, 0.5) is 5.69 Å². The Kier molecular flexibility index (Phi) is 6.67. The maximum Gasteiger partial charge on any atom is 0.227 e. The van der Waals surface area contributed by atoms with Crippen LogP contribution >= 0.6 is 23.2 Å². The zero-order valence-electron chi connectivity index (χ0n) is 18.3. The summed E-state index contributed by atoms with van der Waals surface area (Å²) in [7, 11) is -1.15. The quantitative estimate of drug-likeness (QED) is 0.289. The Hall–Kier alpha value is -1.54. The van der Waals surface area contributed by atoms with Crippen molar-refractivity contribution in [3.8, 4) is 5.75 Å². The molecule has 0 N–H and O–H groups in total. The molecule has 0 bridgehead atoms. The summed E-state index contributed by atoms with van der Waals surface area (Å²) in [5.41, 5.74) is 2.83. The van der Waals surface area contributed by atoms with Crippen LogP contribution in [-0.2, 0) is 22.5 Å². The number of nitrogens with zero attached hydrogens (tertiary/aromatic N) is 3. The van der Waals surface area contributed by atoms with Gasteiger partial charge in [-0.1, -0.05) is 42.8 Å². The van der Waals surface area contributed by atoms with Crippen molar-refractivity contribution in [1.29, 1.82) is 0 Å². The van der Waals surface area contributed by atoms with Gasteiger partial charge in [-0.25, -0.2) is 0 Å². The first-order valence-corrected chi connectivity index (χ1v) is 15.2. The molecule has 0 spiro atoms. The predicted molar refractivity (Wildman–Crippen MR) is 126 cm³/mol. The molecule has 0 aliphatic carbocycles. The van der Waals surface area contributed by atoms with Gasteiger partial charge in [-0.05, 0) is 31.0 Å². The lowest BCUT2D eigenvalue weighted by atomic mass is 9.97. The minimum Gasteiger partial charge on any atom is -0.467 e. The van der Waals surface area contributed by atoms with E-state index in [1.807, 2.05) is 15.6 Å². The summed E-state index contributed by atoms with van der Waals surface area (Å²) in [6, 6.07) is 4.62. The molecule has 1 aromatic carbocycles. The number of benzene rings is 1. The van der Waals surface area contributed by atoms with Gasteiger partial charge in [0.25, 0.3) is 0 Å². The minimum atomic E-state index is -1.15. The van der Waals surface area contributed by atoms with E-state index in [0.717, 1.165) is 42.4 Å². The second kappa shape index (κ2) is 9.14. The summed E-state index contributed by atoms with van der Waals surface area (Å²) < 4.78 is 13.6. The zero-order chi connectivity index (χ0) is 22.2. The molecule has 2 aliphatic rings. The number of fused-ring (bicyclic) bond motifs is 1. The van der Waals surface area contributed by atoms with Crippen LogP contribution in [-0.4, -0.2) is 43.7 Å². The third-order valence-corrected chi connectivity index (χ3v) is 8.44. The molecule has 0 saturated carbocycles. The lowest BCUT2D eigenvalue weighted by Crippen LogP contribution is -2.25. The maximum absolute atomic E-state index is 12.9. The molecule has 3 heterocycles. The third-order valence-electron chi connectivity index (χ3n) is 5.92. The topological polar surface area (TPSA) is 56.6 Å². The van der Waals surface area contributed by atoms with Crippen LogP contribution in [0, 0.1) is 0 Å². The molecule has 4 rings (SSSR count). The highest BCUT2D eigenvalue weighted by Gasteiger charge is 2.37. The Morgan fingerprint density at radius 3 is 2.84 bits per heavy atom. The number of anilines is 1. The second-order valence-electron chi connectivity index (χ2n) is 9.46. The number of carbonyl (C=O) groups excluding carboxylic acids is 1. The van der Waals surface area contributed by atoms with E-state index in [1.54, 1.807) is 12.3 Å². The van der Waals surface area contributed by atoms with Gasteiger partial charge in [0.15, 0.2) is 6.79 Å². The van der Waals surface area contributed by atoms with Crippen LogP contribution in [0.25, 0.3) is 0 Å². The maximum atomic E-state index is 12.9. The Balaban J connectivity index is 1.49. The Labute approximate surface area is 194 Å². The highest BCUT2D eigenvalue weighted by atomic mass is 35.5. The average Bonchev–Trinajstić information content (AvgIpc) is 3.39. The summed E-state index contributed by atoms with van der Waals surface area (Å²) in [5.74, 6) is 0.594. The second-order valence-corrected chi connectivity index (χ2v) is 15.9. The lowest BCUT2D eigenvalue weighted by Gasteiger charge is -2.20. The number of aryl methyl sites for hydroxylation is 1. The summed E-state index contributed by atoms with van der Waals surface area (Å²) in [4.78, 5) is 14.7. The molecule has 2 aliphatic heterocycles. The first kappa shape index (κ1) is 22.6. The van der Waals surface area contributed by atoms with E-state index in [4.69, 9.17) is 32.7 Å². The van der Waals surface area contributed by atoms with Crippen molar-refractivity contribution < 1.29 is 14.3 Å². The van der Waals surface area contributed by atoms with Gasteiger partial charge < -0.3 is 14.4 Å². The highest BCUT2D eigenvalue weighted by molar-refractivity contribution is 6.76. The van der Waals surface area contributed by atoms with E-state index >= 15 is 0 Å². The largest absolute Gasteiger partial charge is 0.467 e. The number of ether oxygens (including phenoxy) is 2. The molecule has 1 saturated heterocycles. The predicted octanol–water partition coefficient (Wildman–Crippen LogP) is 5.35. The molecule has 1 amide bonds. The van der Waals surface area contributed by atoms with E-state index in [-0.39, 0.29) is 18.6 Å². The van der Waals surface area contributed by atoms with Crippen LogP contribution in [0.5, 0.6) is 5.75 Å². The Morgan fingerprint density at radius 1 is 1.26 bits per heavy atom. The molecule has 6 nitrogen and oxygen atoms in total. The molecular formula is C22H29Cl2N3O3Si. The fraction of sp³-hybridized carbons (Fsp3) is 0.545. The van der Waals surface area contributed by atoms with Crippen molar-refractivity contribution in [2.45, 2.75) is 57.4 Å². The zero-order valence-corrected chi connectivity index (χ0v) is 20.8. The van der Waals surface area contributed by atoms with Crippen LogP contribution in [0.1, 0.15) is 30.0 Å². The molecule has 1 unspecified atom stereocenters. The number of amides is 1. The van der Waals surface area contributed by atoms with Crippen molar-refractivity contribution in [3.63, 3.8) is 0 Å². The van der Waals surface area contributed by atoms with Crippen molar-refractivity contribution in [3.05, 3.63) is 39.6 Å². The Morgan fingerprint density at radius 2 is 2.06 bits per heavy atom. The fourth-order valence-corrected chi connectivity index (χ4v) is 5.44. The van der Waals surface area contributed by atoms with E-state index in [9.17, 15) is 4.79 Å². The summed E-state index contributed by atoms with van der Waals surface area (Å²) in [5, 5.41) is 5.34. The SMILES string of the molecule is C[Si](C)(C)CCOCOc1ccc(Cl)c(Cl)c1C1CC(=O)N(c2cnn3c2CCC3)C1. The van der Waals surface area contributed by atoms with Gasteiger partial charge in [0, 0.05) is 45.7 Å². The standard InChI is InChI=1S/C22H29Cl2N3O3Si/c1-31(2,3)10-9-29-14-30-19-7-6-16(23)22(24)21(19)15-11-20(28)26(13-15)18-12-25-27-8-4-5-17(18)27/h6-7,12,15H,4-5,8-11,13-14H2,1-3H3. The Bertz CT molecular complexity index is 974. The molecule has 9 heteroatoms. The van der Waals surface area contributed by atoms with Gasteiger partial charge >= 0.3 is 0 Å². The number of hydrogen-bond donors (Lipinski definition) is 0. The van der Waals surface area contributed by atoms with E-state index in [0.29, 0.717) is 35.4 Å². The molecule has 2 aromatic rings. The van der Waals surface area contributed by atoms with E-state index in [2.05, 4.69) is 24.7 Å². The normalized spacial score (nSPS) is 18.7. The van der Waals surface area contributed by atoms with E-state index < -0.39 is 8.07 Å². The highest BCUT2D eigenvalue weighted by Crippen LogP contribution is 2.43. The molecule has 1 atom stereocenters. The first-order valence-electron chi connectivity index (χ1n) is 10.8. The fourth-order valence-electron chi connectivity index (χ4n) is 4.20. The van der Waals surface area contributed by atoms with Crippen molar-refractivity contribution in [1.82, 2.24) is 9.78 Å². The number of hydrogen-bond acceptors (Lipinski definition) is 4. The van der Waals surface area contributed by atoms with E-state index in [1.165, 1.54) is 0 Å². The average molecular weight is 482 g/mol. The van der Waals surface area contributed by atoms with Gasteiger partial charge in [0.1, 0.15) is 5.75 Å². The third kappa shape index (κ3) is 4.95. The van der Waals surface area contributed by atoms with Crippen molar-refractivity contribution in [2.75, 3.05) is 24.8 Å². The molecule has 168 valence electrons. The summed E-state index contributed by atoms with van der Waals surface area (Å²) in [6.07, 6.45) is 4.18. The van der Waals surface area contributed by atoms with Crippen LogP contribution in [0.15, 0.2) is 18.3 Å². The smallest absolute Gasteiger partial charge is 0.227 e. The molecule has 0 radical (unpaired) electrons. The number of rotatable bonds is 8. The molecular weight excluding hydrogens is 453 g/mol. The summed E-state index contributed by atoms with van der Waals surface area (Å²) >= 11 is 12.9. The van der Waals surface area contributed by atoms with Gasteiger partial charge in [-0.2, -0.15) is 5.10 Å². The van der Waals surface area contributed by atoms with Crippen LogP contribution in [0.3, 0.4) is 0 Å². The monoisotopic (exact) mass is 481 g/mol.